The minimum absolute atomic E-state index is 0.266. The molecule has 0 bridgehead atoms. The number of benzene rings is 2. The van der Waals surface area contributed by atoms with Crippen LogP contribution in [0.25, 0.3) is 22.3 Å². The molecule has 2 aromatic carbocycles. The van der Waals surface area contributed by atoms with Crippen LogP contribution in [0.15, 0.2) is 67.1 Å². The monoisotopic (exact) mass is 444 g/mol. The molecule has 1 aliphatic rings. The number of aromatic nitrogens is 3. The van der Waals surface area contributed by atoms with E-state index in [1.807, 2.05) is 34.9 Å². The number of aliphatic hydroxyl groups is 1. The maximum atomic E-state index is 14.8. The van der Waals surface area contributed by atoms with Crippen LogP contribution >= 0.6 is 0 Å². The molecule has 0 unspecified atom stereocenters. The molecule has 2 atom stereocenters. The van der Waals surface area contributed by atoms with Gasteiger partial charge in [0.05, 0.1) is 29.8 Å². The first-order valence-corrected chi connectivity index (χ1v) is 11.2. The third-order valence-corrected chi connectivity index (χ3v) is 6.24. The summed E-state index contributed by atoms with van der Waals surface area (Å²) in [6, 6.07) is 14.2. The maximum Gasteiger partial charge on any atom is 0.253 e. The average molecular weight is 445 g/mol. The summed E-state index contributed by atoms with van der Waals surface area (Å²) in [5, 5.41) is 13.4. The number of halogens is 1. The van der Waals surface area contributed by atoms with Gasteiger partial charge in [-0.2, -0.15) is 0 Å². The summed E-state index contributed by atoms with van der Waals surface area (Å²) in [5.74, 6) is -0.185. The van der Waals surface area contributed by atoms with E-state index in [4.69, 9.17) is 0 Å². The van der Waals surface area contributed by atoms with Crippen LogP contribution in [0.5, 0.6) is 0 Å². The lowest BCUT2D eigenvalue weighted by molar-refractivity contribution is 0.0718. The first-order chi connectivity index (χ1) is 16.1. The third kappa shape index (κ3) is 4.36. The van der Waals surface area contributed by atoms with Gasteiger partial charge < -0.3 is 15.0 Å². The van der Waals surface area contributed by atoms with E-state index in [1.54, 1.807) is 30.7 Å². The summed E-state index contributed by atoms with van der Waals surface area (Å²) in [6.07, 6.45) is 7.89. The predicted molar refractivity (Wildman–Crippen MR) is 124 cm³/mol. The van der Waals surface area contributed by atoms with Crippen molar-refractivity contribution in [3.63, 3.8) is 0 Å². The Morgan fingerprint density at radius 1 is 1.06 bits per heavy atom. The van der Waals surface area contributed by atoms with Gasteiger partial charge in [-0.25, -0.2) is 14.4 Å². The van der Waals surface area contributed by atoms with Crippen molar-refractivity contribution < 1.29 is 14.3 Å². The van der Waals surface area contributed by atoms with Crippen molar-refractivity contribution in [3.05, 3.63) is 84.1 Å². The minimum Gasteiger partial charge on any atom is -0.391 e. The van der Waals surface area contributed by atoms with Gasteiger partial charge in [-0.05, 0) is 25.0 Å². The molecule has 2 heterocycles. The fourth-order valence-corrected chi connectivity index (χ4v) is 4.51. The normalized spacial score (nSPS) is 18.4. The Morgan fingerprint density at radius 2 is 1.82 bits per heavy atom. The van der Waals surface area contributed by atoms with Gasteiger partial charge in [0.15, 0.2) is 5.82 Å². The third-order valence-electron chi connectivity index (χ3n) is 6.24. The average Bonchev–Trinajstić information content (AvgIpc) is 3.21. The summed E-state index contributed by atoms with van der Waals surface area (Å²) in [5.41, 5.74) is 2.66. The Hall–Kier alpha value is -3.58. The van der Waals surface area contributed by atoms with Crippen molar-refractivity contribution in [2.75, 3.05) is 0 Å². The molecule has 2 aromatic heterocycles. The van der Waals surface area contributed by atoms with Crippen LogP contribution in [0.3, 0.4) is 0 Å². The quantitative estimate of drug-likeness (QED) is 0.481. The lowest BCUT2D eigenvalue weighted by atomic mass is 9.92. The molecule has 0 spiro atoms. The minimum atomic E-state index is -0.568. The molecule has 1 amide bonds. The van der Waals surface area contributed by atoms with Crippen LogP contribution < -0.4 is 5.32 Å². The largest absolute Gasteiger partial charge is 0.391 e. The summed E-state index contributed by atoms with van der Waals surface area (Å²) in [6.45, 7) is 0.397. The van der Waals surface area contributed by atoms with Crippen molar-refractivity contribution in [1.29, 1.82) is 0 Å². The number of nitrogens with zero attached hydrogens (tertiary/aromatic N) is 3. The highest BCUT2D eigenvalue weighted by atomic mass is 19.1. The van der Waals surface area contributed by atoms with E-state index < -0.39 is 11.9 Å². The van der Waals surface area contributed by atoms with Gasteiger partial charge in [-0.15, -0.1) is 0 Å². The Morgan fingerprint density at radius 3 is 2.58 bits per heavy atom. The Labute approximate surface area is 191 Å². The van der Waals surface area contributed by atoms with E-state index in [0.717, 1.165) is 30.4 Å². The highest BCUT2D eigenvalue weighted by Crippen LogP contribution is 2.26. The van der Waals surface area contributed by atoms with Crippen LogP contribution in [0.4, 0.5) is 4.39 Å². The van der Waals surface area contributed by atoms with Crippen LogP contribution in [0.2, 0.25) is 0 Å². The highest BCUT2D eigenvalue weighted by molar-refractivity contribution is 6.07. The molecule has 5 rings (SSSR count). The fourth-order valence-electron chi connectivity index (χ4n) is 4.51. The van der Waals surface area contributed by atoms with Gasteiger partial charge in [0.25, 0.3) is 5.91 Å². The Bertz CT molecular complexity index is 1270. The van der Waals surface area contributed by atoms with Crippen LogP contribution in [-0.2, 0) is 6.54 Å². The smallest absolute Gasteiger partial charge is 0.253 e. The van der Waals surface area contributed by atoms with Gasteiger partial charge in [-0.3, -0.25) is 4.79 Å². The number of rotatable bonds is 5. The van der Waals surface area contributed by atoms with Crippen LogP contribution in [0.1, 0.15) is 41.6 Å². The second-order valence-electron chi connectivity index (χ2n) is 8.52. The van der Waals surface area contributed by atoms with Crippen molar-refractivity contribution in [1.82, 2.24) is 19.9 Å². The molecule has 7 heteroatoms. The van der Waals surface area contributed by atoms with E-state index in [9.17, 15) is 14.3 Å². The molecular formula is C26H25FN4O2. The zero-order valence-corrected chi connectivity index (χ0v) is 18.1. The lowest BCUT2D eigenvalue weighted by Gasteiger charge is -2.28. The summed E-state index contributed by atoms with van der Waals surface area (Å²) < 4.78 is 16.6. The SMILES string of the molecule is O=C(N[C@H]1CCCC[C@@H]1O)c1cn(Cc2cnc(-c3ccccc3)nc2)c2cccc(F)c12. The second kappa shape index (κ2) is 9.11. The molecule has 0 aliphatic heterocycles. The molecular weight excluding hydrogens is 419 g/mol. The summed E-state index contributed by atoms with van der Waals surface area (Å²) >= 11 is 0. The number of nitrogens with one attached hydrogen (secondary N) is 1. The first kappa shape index (κ1) is 21.3. The molecule has 33 heavy (non-hydrogen) atoms. The molecule has 1 saturated carbocycles. The number of carbonyl (C=O) groups excluding carboxylic acids is 1. The zero-order valence-electron chi connectivity index (χ0n) is 18.1. The number of fused-ring (bicyclic) bond motifs is 1. The number of amides is 1. The van der Waals surface area contributed by atoms with E-state index in [1.165, 1.54) is 6.07 Å². The van der Waals surface area contributed by atoms with Gasteiger partial charge in [0.2, 0.25) is 0 Å². The second-order valence-corrected chi connectivity index (χ2v) is 8.52. The molecule has 4 aromatic rings. The summed E-state index contributed by atoms with van der Waals surface area (Å²) in [4.78, 5) is 22.0. The molecule has 168 valence electrons. The molecule has 1 aliphatic carbocycles. The van der Waals surface area contributed by atoms with Crippen molar-refractivity contribution in [2.24, 2.45) is 0 Å². The standard InChI is InChI=1S/C26H25FN4O2/c27-20-9-6-11-22-24(20)19(26(33)30-21-10-4-5-12-23(21)32)16-31(22)15-17-13-28-25(29-14-17)18-7-2-1-3-8-18/h1-3,6-9,11,13-14,16,21,23,32H,4-5,10,12,15H2,(H,30,33)/t21-,23-/m0/s1. The number of aliphatic hydroxyl groups excluding tert-OH is 1. The number of hydrogen-bond donors (Lipinski definition) is 2. The van der Waals surface area contributed by atoms with E-state index >= 15 is 0 Å². The summed E-state index contributed by atoms with van der Waals surface area (Å²) in [7, 11) is 0. The topological polar surface area (TPSA) is 80.0 Å². The number of hydrogen-bond acceptors (Lipinski definition) is 4. The Balaban J connectivity index is 1.43. The molecule has 0 radical (unpaired) electrons. The zero-order chi connectivity index (χ0) is 22.8. The molecule has 6 nitrogen and oxygen atoms in total. The van der Waals surface area contributed by atoms with Gasteiger partial charge in [-0.1, -0.05) is 49.2 Å². The lowest BCUT2D eigenvalue weighted by Crippen LogP contribution is -2.45. The maximum absolute atomic E-state index is 14.8. The highest BCUT2D eigenvalue weighted by Gasteiger charge is 2.27. The van der Waals surface area contributed by atoms with Crippen molar-refractivity contribution >= 4 is 16.8 Å². The fraction of sp³-hybridized carbons (Fsp3) is 0.269. The van der Waals surface area contributed by atoms with Crippen molar-refractivity contribution in [3.8, 4) is 11.4 Å². The van der Waals surface area contributed by atoms with Gasteiger partial charge in [0, 0.05) is 35.1 Å². The van der Waals surface area contributed by atoms with Crippen LogP contribution in [0, 0.1) is 5.82 Å². The molecule has 2 N–H and O–H groups in total. The molecule has 1 fully saturated rings. The van der Waals surface area contributed by atoms with E-state index in [0.29, 0.717) is 24.3 Å². The predicted octanol–water partition coefficient (Wildman–Crippen LogP) is 4.32. The van der Waals surface area contributed by atoms with Crippen LogP contribution in [-0.4, -0.2) is 37.7 Å². The van der Waals surface area contributed by atoms with E-state index in [2.05, 4.69) is 15.3 Å². The van der Waals surface area contributed by atoms with Gasteiger partial charge >= 0.3 is 0 Å². The van der Waals surface area contributed by atoms with Crippen molar-refractivity contribution in [2.45, 2.75) is 44.4 Å². The Kier molecular flexibility index (Phi) is 5.88. The van der Waals surface area contributed by atoms with Gasteiger partial charge in [0.1, 0.15) is 5.82 Å². The van der Waals surface area contributed by atoms with E-state index in [-0.39, 0.29) is 22.9 Å². The first-order valence-electron chi connectivity index (χ1n) is 11.2. The molecule has 0 saturated heterocycles. The number of carbonyl (C=O) groups is 1.